The molecule has 3 rings (SSSR count). The SMILES string of the molecule is CCc1ccc(N([C@H](C)C(=O)N[C@@H]2CC(C)(C)Oc3cc(C)ccc32)S(C)(=O)=O)cc1. The third-order valence-electron chi connectivity index (χ3n) is 5.63. The van der Waals surface area contributed by atoms with Gasteiger partial charge in [-0.05, 0) is 63.4 Å². The maximum Gasteiger partial charge on any atom is 0.244 e. The van der Waals surface area contributed by atoms with Gasteiger partial charge >= 0.3 is 0 Å². The summed E-state index contributed by atoms with van der Waals surface area (Å²) < 4.78 is 32.5. The fraction of sp³-hybridized carbons (Fsp3) is 0.458. The van der Waals surface area contributed by atoms with Gasteiger partial charge in [0, 0.05) is 12.0 Å². The zero-order valence-corrected chi connectivity index (χ0v) is 19.9. The van der Waals surface area contributed by atoms with Crippen molar-refractivity contribution in [2.75, 3.05) is 10.6 Å². The van der Waals surface area contributed by atoms with Gasteiger partial charge in [0.05, 0.1) is 18.0 Å². The highest BCUT2D eigenvalue weighted by Gasteiger charge is 2.37. The summed E-state index contributed by atoms with van der Waals surface area (Å²) >= 11 is 0. The second-order valence-corrected chi connectivity index (χ2v) is 10.8. The third-order valence-corrected chi connectivity index (χ3v) is 6.87. The van der Waals surface area contributed by atoms with Crippen LogP contribution in [0.2, 0.25) is 0 Å². The molecule has 2 aromatic carbocycles. The molecule has 1 N–H and O–H groups in total. The topological polar surface area (TPSA) is 75.7 Å². The first-order chi connectivity index (χ1) is 14.4. The highest BCUT2D eigenvalue weighted by atomic mass is 32.2. The van der Waals surface area contributed by atoms with Gasteiger partial charge in [0.1, 0.15) is 17.4 Å². The second-order valence-electron chi connectivity index (χ2n) is 8.92. The number of hydrogen-bond donors (Lipinski definition) is 1. The Bertz CT molecular complexity index is 1060. The number of carbonyl (C=O) groups excluding carboxylic acids is 1. The van der Waals surface area contributed by atoms with Crippen LogP contribution in [0.3, 0.4) is 0 Å². The number of fused-ring (bicyclic) bond motifs is 1. The molecule has 6 nitrogen and oxygen atoms in total. The molecule has 2 aromatic rings. The summed E-state index contributed by atoms with van der Waals surface area (Å²) in [6.07, 6.45) is 2.57. The van der Waals surface area contributed by atoms with E-state index in [2.05, 4.69) is 5.32 Å². The number of amides is 1. The lowest BCUT2D eigenvalue weighted by molar-refractivity contribution is -0.123. The molecule has 2 atom stereocenters. The Hall–Kier alpha value is -2.54. The lowest BCUT2D eigenvalue weighted by Crippen LogP contribution is -2.50. The first kappa shape index (κ1) is 23.1. The Morgan fingerprint density at radius 1 is 1.23 bits per heavy atom. The average molecular weight is 445 g/mol. The van der Waals surface area contributed by atoms with E-state index < -0.39 is 21.7 Å². The van der Waals surface area contributed by atoms with Gasteiger partial charge in [0.15, 0.2) is 0 Å². The number of rotatable bonds is 6. The maximum absolute atomic E-state index is 13.2. The van der Waals surface area contributed by atoms with Crippen molar-refractivity contribution in [3.63, 3.8) is 0 Å². The molecular weight excluding hydrogens is 412 g/mol. The van der Waals surface area contributed by atoms with E-state index in [0.717, 1.165) is 35.1 Å². The first-order valence-corrected chi connectivity index (χ1v) is 12.4. The summed E-state index contributed by atoms with van der Waals surface area (Å²) in [5.74, 6) is 0.406. The number of anilines is 1. The van der Waals surface area contributed by atoms with Gasteiger partial charge in [-0.1, -0.05) is 31.2 Å². The molecule has 0 aromatic heterocycles. The molecule has 0 unspecified atom stereocenters. The predicted molar refractivity (Wildman–Crippen MR) is 124 cm³/mol. The normalized spacial score (nSPS) is 18.5. The van der Waals surface area contributed by atoms with Gasteiger partial charge in [0.25, 0.3) is 0 Å². The zero-order chi connectivity index (χ0) is 23.0. The van der Waals surface area contributed by atoms with Crippen molar-refractivity contribution in [1.29, 1.82) is 0 Å². The second kappa shape index (κ2) is 8.54. The molecule has 0 saturated heterocycles. The van der Waals surface area contributed by atoms with Crippen LogP contribution >= 0.6 is 0 Å². The number of carbonyl (C=O) groups is 1. The minimum absolute atomic E-state index is 0.266. The fourth-order valence-corrected chi connectivity index (χ4v) is 5.24. The summed E-state index contributed by atoms with van der Waals surface area (Å²) in [6, 6.07) is 12.0. The number of nitrogens with zero attached hydrogens (tertiary/aromatic N) is 1. The van der Waals surface area contributed by atoms with Crippen LogP contribution in [0.5, 0.6) is 5.75 Å². The van der Waals surface area contributed by atoms with E-state index in [4.69, 9.17) is 4.74 Å². The van der Waals surface area contributed by atoms with E-state index in [1.54, 1.807) is 19.1 Å². The fourth-order valence-electron chi connectivity index (χ4n) is 4.07. The summed E-state index contributed by atoms with van der Waals surface area (Å²) in [7, 11) is -3.66. The highest BCUT2D eigenvalue weighted by Crippen LogP contribution is 2.40. The standard InChI is InChI=1S/C24H32N2O4S/c1-7-18-9-11-19(12-10-18)26(31(6,28)29)17(3)23(27)25-21-15-24(4,5)30-22-14-16(2)8-13-20(21)22/h8-14,17,21H,7,15H2,1-6H3,(H,25,27)/t17-,21-/m1/s1. The third kappa shape index (κ3) is 5.21. The number of sulfonamides is 1. The monoisotopic (exact) mass is 444 g/mol. The van der Waals surface area contributed by atoms with Crippen LogP contribution in [0, 0.1) is 6.92 Å². The molecule has 7 heteroatoms. The highest BCUT2D eigenvalue weighted by molar-refractivity contribution is 7.92. The number of ether oxygens (including phenoxy) is 1. The van der Waals surface area contributed by atoms with Crippen molar-refractivity contribution in [1.82, 2.24) is 5.32 Å². The van der Waals surface area contributed by atoms with Crippen molar-refractivity contribution in [3.05, 3.63) is 59.2 Å². The van der Waals surface area contributed by atoms with Gasteiger partial charge in [-0.25, -0.2) is 8.42 Å². The minimum atomic E-state index is -3.66. The van der Waals surface area contributed by atoms with Crippen molar-refractivity contribution < 1.29 is 17.9 Å². The van der Waals surface area contributed by atoms with Crippen molar-refractivity contribution in [2.45, 2.75) is 65.1 Å². The Kier molecular flexibility index (Phi) is 6.37. The largest absolute Gasteiger partial charge is 0.487 e. The van der Waals surface area contributed by atoms with E-state index in [1.807, 2.05) is 58.0 Å². The van der Waals surface area contributed by atoms with Crippen molar-refractivity contribution in [3.8, 4) is 5.75 Å². The smallest absolute Gasteiger partial charge is 0.244 e. The van der Waals surface area contributed by atoms with Crippen LogP contribution < -0.4 is 14.4 Å². The first-order valence-electron chi connectivity index (χ1n) is 10.6. The Labute approximate surface area is 185 Å². The van der Waals surface area contributed by atoms with E-state index in [9.17, 15) is 13.2 Å². The van der Waals surface area contributed by atoms with E-state index in [1.165, 1.54) is 4.31 Å². The number of benzene rings is 2. The summed E-state index contributed by atoms with van der Waals surface area (Å²) in [5, 5.41) is 3.07. The molecule has 0 radical (unpaired) electrons. The number of hydrogen-bond acceptors (Lipinski definition) is 4. The van der Waals surface area contributed by atoms with E-state index >= 15 is 0 Å². The molecule has 0 spiro atoms. The molecule has 0 aliphatic carbocycles. The van der Waals surface area contributed by atoms with Gasteiger partial charge < -0.3 is 10.1 Å². The van der Waals surface area contributed by atoms with Crippen molar-refractivity contribution >= 4 is 21.6 Å². The molecule has 31 heavy (non-hydrogen) atoms. The molecule has 1 aliphatic rings. The summed E-state index contributed by atoms with van der Waals surface area (Å²) in [4.78, 5) is 13.2. The molecule has 168 valence electrons. The lowest BCUT2D eigenvalue weighted by Gasteiger charge is -2.39. The molecule has 0 saturated carbocycles. The van der Waals surface area contributed by atoms with E-state index in [0.29, 0.717) is 12.1 Å². The lowest BCUT2D eigenvalue weighted by atomic mass is 9.89. The van der Waals surface area contributed by atoms with Gasteiger partial charge in [-0.2, -0.15) is 0 Å². The average Bonchev–Trinajstić information content (AvgIpc) is 2.66. The molecule has 1 amide bonds. The van der Waals surface area contributed by atoms with Crippen LogP contribution in [0.4, 0.5) is 5.69 Å². The van der Waals surface area contributed by atoms with Gasteiger partial charge in [-0.15, -0.1) is 0 Å². The van der Waals surface area contributed by atoms with Crippen LogP contribution in [-0.4, -0.2) is 32.2 Å². The predicted octanol–water partition coefficient (Wildman–Crippen LogP) is 4.13. The van der Waals surface area contributed by atoms with Gasteiger partial charge in [0.2, 0.25) is 15.9 Å². The van der Waals surface area contributed by atoms with Crippen molar-refractivity contribution in [2.24, 2.45) is 0 Å². The molecule has 1 aliphatic heterocycles. The Morgan fingerprint density at radius 2 is 1.87 bits per heavy atom. The number of nitrogens with one attached hydrogen (secondary N) is 1. The molecule has 0 fully saturated rings. The van der Waals surface area contributed by atoms with Crippen LogP contribution in [-0.2, 0) is 21.2 Å². The van der Waals surface area contributed by atoms with Crippen LogP contribution in [0.25, 0.3) is 0 Å². The van der Waals surface area contributed by atoms with Crippen LogP contribution in [0.1, 0.15) is 56.8 Å². The quantitative estimate of drug-likeness (QED) is 0.727. The van der Waals surface area contributed by atoms with E-state index in [-0.39, 0.29) is 11.9 Å². The minimum Gasteiger partial charge on any atom is -0.487 e. The zero-order valence-electron chi connectivity index (χ0n) is 19.1. The number of aryl methyl sites for hydroxylation is 2. The summed E-state index contributed by atoms with van der Waals surface area (Å²) in [6.45, 7) is 9.62. The molecule has 1 heterocycles. The maximum atomic E-state index is 13.2. The molecule has 0 bridgehead atoms. The molecular formula is C24H32N2O4S. The van der Waals surface area contributed by atoms with Gasteiger partial charge in [-0.3, -0.25) is 9.10 Å². The Balaban J connectivity index is 1.89. The van der Waals surface area contributed by atoms with Crippen LogP contribution in [0.15, 0.2) is 42.5 Å². The summed E-state index contributed by atoms with van der Waals surface area (Å²) in [5.41, 5.74) is 3.11. The Morgan fingerprint density at radius 3 is 2.45 bits per heavy atom.